The molecule has 0 aliphatic carbocycles. The van der Waals surface area contributed by atoms with Gasteiger partial charge in [-0.1, -0.05) is 77.6 Å². The van der Waals surface area contributed by atoms with Crippen molar-refractivity contribution in [1.82, 2.24) is 9.97 Å². The van der Waals surface area contributed by atoms with Gasteiger partial charge in [0.15, 0.2) is 5.78 Å². The summed E-state index contributed by atoms with van der Waals surface area (Å²) >= 11 is 1.36. The Kier molecular flexibility index (Phi) is 14.6. The van der Waals surface area contributed by atoms with Crippen molar-refractivity contribution in [2.75, 3.05) is 0 Å². The summed E-state index contributed by atoms with van der Waals surface area (Å²) in [6.45, 7) is 16.4. The van der Waals surface area contributed by atoms with Crippen LogP contribution in [0, 0.1) is 24.8 Å². The average molecular weight is 832 g/mol. The summed E-state index contributed by atoms with van der Waals surface area (Å²) in [4.78, 5) is 21.3. The normalized spacial score (nSPS) is 12.4. The predicted octanol–water partition coefficient (Wildman–Crippen LogP) is 11.3. The Morgan fingerprint density at radius 3 is 2.17 bits per heavy atom. The summed E-state index contributed by atoms with van der Waals surface area (Å²) in [5, 5.41) is 11.9. The molecule has 0 unspecified atom stereocenters. The quantitative estimate of drug-likeness (QED) is 0.0982. The number of nitrogens with zero attached hydrogens (tertiary/aromatic N) is 2. The molecule has 253 valence electrons. The van der Waals surface area contributed by atoms with Crippen LogP contribution in [0.2, 0.25) is 0 Å². The first-order chi connectivity index (χ1) is 21.1. The minimum atomic E-state index is -4.18. The van der Waals surface area contributed by atoms with Gasteiger partial charge < -0.3 is 5.11 Å². The number of halogens is 3. The van der Waals surface area contributed by atoms with Crippen LogP contribution in [0.5, 0.6) is 0 Å². The molecule has 2 aromatic carbocycles. The van der Waals surface area contributed by atoms with E-state index in [1.165, 1.54) is 29.3 Å². The summed E-state index contributed by atoms with van der Waals surface area (Å²) in [5.74, 6) is 0.547. The predicted molar refractivity (Wildman–Crippen MR) is 181 cm³/mol. The monoisotopic (exact) mass is 832 g/mol. The number of thiophene rings is 1. The molecule has 2 aromatic heterocycles. The van der Waals surface area contributed by atoms with Crippen molar-refractivity contribution < 1.29 is 43.2 Å². The third-order valence-corrected chi connectivity index (χ3v) is 9.71. The fraction of sp³-hybridized carbons (Fsp3) is 0.486. The third-order valence-electron chi connectivity index (χ3n) is 8.36. The van der Waals surface area contributed by atoms with E-state index in [9.17, 15) is 23.1 Å². The number of rotatable bonds is 10. The van der Waals surface area contributed by atoms with E-state index in [4.69, 9.17) is 0 Å². The van der Waals surface area contributed by atoms with Crippen LogP contribution in [0.4, 0.5) is 13.2 Å². The SMILES string of the molecule is CCC(CC)C(=O)/C=C(\O)C(CC)CC.Cc1c(CCC(F)(F)F)sc2c(-c3[c-]c4ccccc4c(C(C)(C)C)c3)ncnc12.[Ir]. The van der Waals surface area contributed by atoms with Gasteiger partial charge in [-0.2, -0.15) is 13.2 Å². The Morgan fingerprint density at radius 2 is 1.61 bits per heavy atom. The molecule has 0 aliphatic heterocycles. The zero-order chi connectivity index (χ0) is 33.5. The summed E-state index contributed by atoms with van der Waals surface area (Å²) in [6, 6.07) is 13.7. The van der Waals surface area contributed by atoms with Crippen LogP contribution in [-0.2, 0) is 36.7 Å². The second-order valence-corrected chi connectivity index (χ2v) is 13.7. The van der Waals surface area contributed by atoms with Crippen molar-refractivity contribution in [3.8, 4) is 11.3 Å². The van der Waals surface area contributed by atoms with Crippen LogP contribution in [0.25, 0.3) is 32.2 Å². The molecule has 2 heterocycles. The molecule has 0 spiro atoms. The molecular weight excluding hydrogens is 786 g/mol. The number of aromatic nitrogens is 2. The number of allylic oxidation sites excluding steroid dienone is 2. The molecule has 0 aliphatic rings. The van der Waals surface area contributed by atoms with Crippen LogP contribution in [0.15, 0.2) is 48.5 Å². The molecule has 0 bridgehead atoms. The number of carbonyl (C=O) groups excluding carboxylic acids is 1. The molecule has 0 amide bonds. The molecular formula is C37H46F3IrN2O2S-. The first-order valence-electron chi connectivity index (χ1n) is 15.8. The Labute approximate surface area is 289 Å². The smallest absolute Gasteiger partial charge is 0.389 e. The van der Waals surface area contributed by atoms with E-state index in [1.807, 2.05) is 52.8 Å². The molecule has 0 fully saturated rings. The van der Waals surface area contributed by atoms with Gasteiger partial charge in [0, 0.05) is 59.7 Å². The minimum Gasteiger partial charge on any atom is -0.512 e. The van der Waals surface area contributed by atoms with Gasteiger partial charge in [-0.15, -0.1) is 40.5 Å². The summed E-state index contributed by atoms with van der Waals surface area (Å²) < 4.78 is 39.1. The number of hydrogen-bond donors (Lipinski definition) is 1. The zero-order valence-corrected chi connectivity index (χ0v) is 31.3. The zero-order valence-electron chi connectivity index (χ0n) is 28.1. The van der Waals surface area contributed by atoms with Crippen LogP contribution in [-0.4, -0.2) is 27.0 Å². The molecule has 9 heteroatoms. The third kappa shape index (κ3) is 9.95. The van der Waals surface area contributed by atoms with Gasteiger partial charge in [-0.25, -0.2) is 4.98 Å². The van der Waals surface area contributed by atoms with E-state index < -0.39 is 12.6 Å². The topological polar surface area (TPSA) is 63.1 Å². The first-order valence-corrected chi connectivity index (χ1v) is 16.7. The molecule has 1 radical (unpaired) electrons. The number of aliphatic hydroxyl groups excluding tert-OH is 1. The largest absolute Gasteiger partial charge is 0.512 e. The Hall–Kier alpha value is -2.61. The molecule has 46 heavy (non-hydrogen) atoms. The van der Waals surface area contributed by atoms with E-state index in [-0.39, 0.29) is 55.3 Å². The number of aryl methyl sites for hydroxylation is 2. The standard InChI is InChI=1S/C24H22F3N2S.C13H24O2.Ir/c1-14-19(9-10-24(25,26)27)30-22-20(14)28-13-29-21(22)16-11-15-7-5-6-8-17(15)18(12-16)23(2,3)4;1-5-10(6-2)12(14)9-13(15)11(7-3)8-4;/h5-8,12-13H,9-10H2,1-4H3;9-11,14H,5-8H2,1-4H3;/q-1;;/b;12-9-;. The van der Waals surface area contributed by atoms with Crippen LogP contribution in [0.3, 0.4) is 0 Å². The second-order valence-electron chi connectivity index (χ2n) is 12.6. The van der Waals surface area contributed by atoms with E-state index in [0.29, 0.717) is 4.88 Å². The molecule has 0 atom stereocenters. The number of benzene rings is 2. The van der Waals surface area contributed by atoms with E-state index in [1.54, 1.807) is 0 Å². The van der Waals surface area contributed by atoms with Crippen LogP contribution < -0.4 is 0 Å². The van der Waals surface area contributed by atoms with Crippen molar-refractivity contribution in [3.05, 3.63) is 70.6 Å². The summed E-state index contributed by atoms with van der Waals surface area (Å²) in [5.41, 5.74) is 4.20. The first kappa shape index (κ1) is 39.6. The summed E-state index contributed by atoms with van der Waals surface area (Å²) in [7, 11) is 0. The minimum absolute atomic E-state index is 0. The van der Waals surface area contributed by atoms with E-state index >= 15 is 0 Å². The average Bonchev–Trinajstić information content (AvgIpc) is 3.31. The van der Waals surface area contributed by atoms with Gasteiger partial charge in [0.05, 0.1) is 11.3 Å². The number of ketones is 1. The summed E-state index contributed by atoms with van der Waals surface area (Å²) in [6.07, 6.45) is 1.35. The van der Waals surface area contributed by atoms with E-state index in [2.05, 4.69) is 48.9 Å². The Balaban J connectivity index is 0.000000394. The van der Waals surface area contributed by atoms with Gasteiger partial charge in [-0.05, 0) is 50.0 Å². The second kappa shape index (κ2) is 17.0. The molecule has 0 saturated heterocycles. The Bertz CT molecular complexity index is 1630. The number of fused-ring (bicyclic) bond motifs is 2. The number of carbonyl (C=O) groups is 1. The fourth-order valence-electron chi connectivity index (χ4n) is 5.51. The molecule has 4 nitrogen and oxygen atoms in total. The van der Waals surface area contributed by atoms with Gasteiger partial charge >= 0.3 is 6.18 Å². The van der Waals surface area contributed by atoms with Crippen molar-refractivity contribution in [1.29, 1.82) is 0 Å². The van der Waals surface area contributed by atoms with Gasteiger partial charge in [-0.3, -0.25) is 9.78 Å². The molecule has 1 N–H and O–H groups in total. The molecule has 0 saturated carbocycles. The van der Waals surface area contributed by atoms with Crippen molar-refractivity contribution in [2.45, 2.75) is 106 Å². The Morgan fingerprint density at radius 1 is 1.00 bits per heavy atom. The number of aliphatic hydroxyl groups is 1. The maximum Gasteiger partial charge on any atom is 0.389 e. The molecule has 4 aromatic rings. The van der Waals surface area contributed by atoms with Crippen molar-refractivity contribution in [3.63, 3.8) is 0 Å². The number of hydrogen-bond acceptors (Lipinski definition) is 5. The maximum absolute atomic E-state index is 12.7. The number of alkyl halides is 3. The van der Waals surface area contributed by atoms with Gasteiger partial charge in [0.1, 0.15) is 6.33 Å². The van der Waals surface area contributed by atoms with Crippen molar-refractivity contribution >= 4 is 38.1 Å². The van der Waals surface area contributed by atoms with Gasteiger partial charge in [0.2, 0.25) is 0 Å². The van der Waals surface area contributed by atoms with Crippen LogP contribution in [0.1, 0.15) is 96.6 Å². The van der Waals surface area contributed by atoms with E-state index in [0.717, 1.165) is 63.5 Å². The molecule has 4 rings (SSSR count). The fourth-order valence-corrected chi connectivity index (χ4v) is 6.77. The van der Waals surface area contributed by atoms with Crippen molar-refractivity contribution in [2.24, 2.45) is 11.8 Å². The van der Waals surface area contributed by atoms with Gasteiger partial charge in [0.25, 0.3) is 0 Å². The maximum atomic E-state index is 12.7. The van der Waals surface area contributed by atoms with Crippen LogP contribution >= 0.6 is 11.3 Å².